The molecule has 26 heavy (non-hydrogen) atoms. The van der Waals surface area contributed by atoms with Gasteiger partial charge in [-0.25, -0.2) is 9.59 Å². The summed E-state index contributed by atoms with van der Waals surface area (Å²) >= 11 is 0. The number of carbonyl (C=O) groups excluding carboxylic acids is 2. The quantitative estimate of drug-likeness (QED) is 0.540. The summed E-state index contributed by atoms with van der Waals surface area (Å²) in [6.07, 6.45) is 2.46. The van der Waals surface area contributed by atoms with Gasteiger partial charge in [0.15, 0.2) is 0 Å². The second-order valence-electron chi connectivity index (χ2n) is 8.24. The first-order chi connectivity index (χ1) is 11.9. The number of hydrogen-bond donors (Lipinski definition) is 1. The standard InChI is InChI=1S/C19H37N3O4/c1-9-11-13-22(14-12-10-2)15(20-16(23)25-18(3,4)5)21-17(24)26-19(6,7)8/h9-14H2,1-8H3,(H,20,21,23,24). The van der Waals surface area contributed by atoms with Gasteiger partial charge in [-0.15, -0.1) is 4.99 Å². The molecule has 0 radical (unpaired) electrons. The molecule has 7 heteroatoms. The zero-order valence-electron chi connectivity index (χ0n) is 17.8. The van der Waals surface area contributed by atoms with Crippen molar-refractivity contribution in [2.45, 2.75) is 92.3 Å². The van der Waals surface area contributed by atoms with Crippen molar-refractivity contribution < 1.29 is 19.1 Å². The zero-order chi connectivity index (χ0) is 20.4. The Morgan fingerprint density at radius 3 is 1.73 bits per heavy atom. The molecular weight excluding hydrogens is 334 g/mol. The van der Waals surface area contributed by atoms with Gasteiger partial charge in [-0.05, 0) is 54.4 Å². The Hall–Kier alpha value is -1.79. The normalized spacial score (nSPS) is 12.5. The van der Waals surface area contributed by atoms with E-state index in [1.165, 1.54) is 0 Å². The molecule has 0 saturated heterocycles. The summed E-state index contributed by atoms with van der Waals surface area (Å²) in [5.41, 5.74) is -1.30. The van der Waals surface area contributed by atoms with Gasteiger partial charge in [-0.3, -0.25) is 5.32 Å². The molecule has 0 rings (SSSR count). The summed E-state index contributed by atoms with van der Waals surface area (Å²) in [6.45, 7) is 16.2. The number of nitrogens with zero attached hydrogens (tertiary/aromatic N) is 2. The Morgan fingerprint density at radius 1 is 0.885 bits per heavy atom. The average Bonchev–Trinajstić information content (AvgIpc) is 2.42. The van der Waals surface area contributed by atoms with Crippen LogP contribution in [-0.4, -0.2) is 47.3 Å². The second-order valence-corrected chi connectivity index (χ2v) is 8.24. The highest BCUT2D eigenvalue weighted by atomic mass is 16.6. The molecule has 0 saturated carbocycles. The average molecular weight is 372 g/mol. The molecule has 0 aromatic carbocycles. The maximum Gasteiger partial charge on any atom is 0.437 e. The Morgan fingerprint density at radius 2 is 1.35 bits per heavy atom. The minimum absolute atomic E-state index is 0.176. The molecule has 152 valence electrons. The number of hydrogen-bond acceptors (Lipinski definition) is 4. The van der Waals surface area contributed by atoms with E-state index in [1.807, 2.05) is 4.90 Å². The molecule has 0 spiro atoms. The fourth-order valence-electron chi connectivity index (χ4n) is 1.97. The van der Waals surface area contributed by atoms with Crippen molar-refractivity contribution in [3.63, 3.8) is 0 Å². The molecule has 0 unspecified atom stereocenters. The molecular formula is C19H37N3O4. The van der Waals surface area contributed by atoms with Crippen molar-refractivity contribution in [1.82, 2.24) is 10.2 Å². The van der Waals surface area contributed by atoms with Crippen molar-refractivity contribution in [2.24, 2.45) is 4.99 Å². The lowest BCUT2D eigenvalue weighted by molar-refractivity contribution is 0.0554. The topological polar surface area (TPSA) is 80.2 Å². The van der Waals surface area contributed by atoms with Gasteiger partial charge in [0.2, 0.25) is 5.96 Å². The molecule has 0 aliphatic heterocycles. The van der Waals surface area contributed by atoms with Gasteiger partial charge in [0.25, 0.3) is 0 Å². The van der Waals surface area contributed by atoms with Gasteiger partial charge in [-0.1, -0.05) is 26.7 Å². The fourth-order valence-corrected chi connectivity index (χ4v) is 1.97. The fraction of sp³-hybridized carbons (Fsp3) is 0.842. The van der Waals surface area contributed by atoms with Crippen molar-refractivity contribution in [3.8, 4) is 0 Å². The summed E-state index contributed by atoms with van der Waals surface area (Å²) in [4.78, 5) is 30.3. The molecule has 2 amide bonds. The third-order valence-corrected chi connectivity index (χ3v) is 3.07. The zero-order valence-corrected chi connectivity index (χ0v) is 17.8. The number of carbonyl (C=O) groups is 2. The molecule has 0 aliphatic carbocycles. The van der Waals surface area contributed by atoms with E-state index >= 15 is 0 Å². The molecule has 7 nitrogen and oxygen atoms in total. The van der Waals surface area contributed by atoms with Crippen LogP contribution in [-0.2, 0) is 9.47 Å². The maximum atomic E-state index is 12.2. The van der Waals surface area contributed by atoms with E-state index in [4.69, 9.17) is 9.47 Å². The number of ether oxygens (including phenoxy) is 2. The van der Waals surface area contributed by atoms with E-state index in [1.54, 1.807) is 41.5 Å². The highest BCUT2D eigenvalue weighted by molar-refractivity contribution is 5.98. The van der Waals surface area contributed by atoms with Crippen LogP contribution in [0.2, 0.25) is 0 Å². The summed E-state index contributed by atoms with van der Waals surface area (Å²) < 4.78 is 10.6. The van der Waals surface area contributed by atoms with Crippen molar-refractivity contribution in [1.29, 1.82) is 0 Å². The van der Waals surface area contributed by atoms with Gasteiger partial charge in [0.1, 0.15) is 11.2 Å². The lowest BCUT2D eigenvalue weighted by Crippen LogP contribution is -2.47. The van der Waals surface area contributed by atoms with E-state index < -0.39 is 23.4 Å². The third kappa shape index (κ3) is 12.6. The minimum Gasteiger partial charge on any atom is -0.444 e. The molecule has 0 bridgehead atoms. The summed E-state index contributed by atoms with van der Waals surface area (Å²) in [6, 6.07) is 0. The van der Waals surface area contributed by atoms with Crippen LogP contribution < -0.4 is 5.32 Å². The van der Waals surface area contributed by atoms with Gasteiger partial charge >= 0.3 is 12.2 Å². The number of amides is 2. The summed E-state index contributed by atoms with van der Waals surface area (Å²) in [7, 11) is 0. The van der Waals surface area contributed by atoms with Gasteiger partial charge in [0, 0.05) is 13.1 Å². The van der Waals surface area contributed by atoms with Crippen LogP contribution in [0, 0.1) is 0 Å². The number of rotatable bonds is 6. The van der Waals surface area contributed by atoms with Crippen LogP contribution in [0.5, 0.6) is 0 Å². The van der Waals surface area contributed by atoms with Crippen molar-refractivity contribution in [3.05, 3.63) is 0 Å². The first-order valence-electron chi connectivity index (χ1n) is 9.44. The van der Waals surface area contributed by atoms with Crippen molar-refractivity contribution >= 4 is 18.1 Å². The van der Waals surface area contributed by atoms with E-state index in [9.17, 15) is 9.59 Å². The smallest absolute Gasteiger partial charge is 0.437 e. The predicted octanol–water partition coefficient (Wildman–Crippen LogP) is 4.70. The maximum absolute atomic E-state index is 12.2. The van der Waals surface area contributed by atoms with Gasteiger partial charge in [-0.2, -0.15) is 0 Å². The van der Waals surface area contributed by atoms with Crippen LogP contribution in [0.15, 0.2) is 4.99 Å². The van der Waals surface area contributed by atoms with Gasteiger partial charge < -0.3 is 14.4 Å². The third-order valence-electron chi connectivity index (χ3n) is 3.07. The van der Waals surface area contributed by atoms with Crippen LogP contribution in [0.1, 0.15) is 81.1 Å². The monoisotopic (exact) mass is 371 g/mol. The number of aliphatic imine (C=N–C) groups is 1. The lowest BCUT2D eigenvalue weighted by Gasteiger charge is -2.27. The number of guanidine groups is 1. The van der Waals surface area contributed by atoms with E-state index in [0.29, 0.717) is 13.1 Å². The molecule has 0 aromatic rings. The number of alkyl carbamates (subject to hydrolysis) is 1. The van der Waals surface area contributed by atoms with Crippen LogP contribution in [0.4, 0.5) is 9.59 Å². The minimum atomic E-state index is -0.735. The Bertz CT molecular complexity index is 468. The second kappa shape index (κ2) is 11.0. The van der Waals surface area contributed by atoms with Crippen molar-refractivity contribution in [2.75, 3.05) is 13.1 Å². The molecule has 0 heterocycles. The molecule has 0 aromatic heterocycles. The van der Waals surface area contributed by atoms with Crippen LogP contribution in [0.3, 0.4) is 0 Å². The number of unbranched alkanes of at least 4 members (excludes halogenated alkanes) is 2. The Balaban J connectivity index is 5.44. The van der Waals surface area contributed by atoms with E-state index in [2.05, 4.69) is 24.2 Å². The molecule has 1 N–H and O–H groups in total. The highest BCUT2D eigenvalue weighted by Gasteiger charge is 2.23. The predicted molar refractivity (Wildman–Crippen MR) is 104 cm³/mol. The van der Waals surface area contributed by atoms with Crippen LogP contribution >= 0.6 is 0 Å². The number of nitrogens with one attached hydrogen (secondary N) is 1. The lowest BCUT2D eigenvalue weighted by atomic mass is 10.2. The van der Waals surface area contributed by atoms with Crippen LogP contribution in [0.25, 0.3) is 0 Å². The van der Waals surface area contributed by atoms with E-state index in [0.717, 1.165) is 25.7 Å². The largest absolute Gasteiger partial charge is 0.444 e. The van der Waals surface area contributed by atoms with E-state index in [-0.39, 0.29) is 5.96 Å². The SMILES string of the molecule is CCCCN(CCCC)/C(=N\C(=O)OC(C)(C)C)NC(=O)OC(C)(C)C. The summed E-state index contributed by atoms with van der Waals surface area (Å²) in [5.74, 6) is 0.176. The molecule has 0 fully saturated rings. The highest BCUT2D eigenvalue weighted by Crippen LogP contribution is 2.10. The molecule has 0 atom stereocenters. The summed E-state index contributed by atoms with van der Waals surface area (Å²) in [5, 5.41) is 2.62. The molecule has 0 aliphatic rings. The first kappa shape index (κ1) is 24.2. The Labute approximate surface area is 158 Å². The first-order valence-corrected chi connectivity index (χ1v) is 9.44. The Kier molecular flexibility index (Phi) is 10.3. The van der Waals surface area contributed by atoms with Gasteiger partial charge in [0.05, 0.1) is 0 Å².